The summed E-state index contributed by atoms with van der Waals surface area (Å²) in [7, 11) is 0. The molecule has 0 saturated carbocycles. The molecule has 0 amide bonds. The van der Waals surface area contributed by atoms with E-state index in [1.54, 1.807) is 6.07 Å². The number of carboxylic acids is 1. The van der Waals surface area contributed by atoms with Crippen LogP contribution in [0.3, 0.4) is 0 Å². The Labute approximate surface area is 105 Å². The summed E-state index contributed by atoms with van der Waals surface area (Å²) in [4.78, 5) is 10.7. The van der Waals surface area contributed by atoms with E-state index >= 15 is 0 Å². The maximum atomic E-state index is 10.7. The van der Waals surface area contributed by atoms with Crippen LogP contribution >= 0.6 is 61.1 Å². The highest BCUT2D eigenvalue weighted by Crippen LogP contribution is 2.25. The van der Waals surface area contributed by atoms with Crippen molar-refractivity contribution < 1.29 is 9.90 Å². The van der Waals surface area contributed by atoms with Crippen LogP contribution < -0.4 is 0 Å². The molecular formula is C7H3BrI2O2. The Kier molecular flexibility index (Phi) is 3.77. The van der Waals surface area contributed by atoms with Gasteiger partial charge in [0.1, 0.15) is 0 Å². The third-order valence-electron chi connectivity index (χ3n) is 1.22. The third kappa shape index (κ3) is 2.32. The fraction of sp³-hybridized carbons (Fsp3) is 0. The van der Waals surface area contributed by atoms with Crippen molar-refractivity contribution in [3.63, 3.8) is 0 Å². The number of hydrogen-bond acceptors (Lipinski definition) is 1. The van der Waals surface area contributed by atoms with Gasteiger partial charge in [-0.3, -0.25) is 0 Å². The first-order chi connectivity index (χ1) is 5.52. The maximum Gasteiger partial charge on any atom is 0.337 e. The van der Waals surface area contributed by atoms with Crippen molar-refractivity contribution in [3.05, 3.63) is 29.3 Å². The van der Waals surface area contributed by atoms with Crippen molar-refractivity contribution in [3.8, 4) is 0 Å². The SMILES string of the molecule is O=C(O)c1c(Br)cc(I)cc1I. The summed E-state index contributed by atoms with van der Waals surface area (Å²) in [6.07, 6.45) is 0. The predicted molar refractivity (Wildman–Crippen MR) is 66.5 cm³/mol. The minimum absolute atomic E-state index is 0.330. The lowest BCUT2D eigenvalue weighted by atomic mass is 10.2. The van der Waals surface area contributed by atoms with E-state index in [0.717, 1.165) is 7.14 Å². The topological polar surface area (TPSA) is 37.3 Å². The lowest BCUT2D eigenvalue weighted by Gasteiger charge is -2.02. The molecule has 0 aliphatic heterocycles. The van der Waals surface area contributed by atoms with E-state index in [1.165, 1.54) is 0 Å². The first-order valence-corrected chi connectivity index (χ1v) is 5.85. The molecule has 1 rings (SSSR count). The number of carboxylic acid groups (broad SMARTS) is 1. The van der Waals surface area contributed by atoms with Gasteiger partial charge in [-0.1, -0.05) is 0 Å². The molecule has 0 aliphatic rings. The molecule has 2 nitrogen and oxygen atoms in total. The number of carbonyl (C=O) groups is 1. The predicted octanol–water partition coefficient (Wildman–Crippen LogP) is 3.36. The molecule has 0 heterocycles. The quantitative estimate of drug-likeness (QED) is 0.664. The molecule has 0 aliphatic carbocycles. The van der Waals surface area contributed by atoms with Gasteiger partial charge in [0.2, 0.25) is 0 Å². The van der Waals surface area contributed by atoms with Gasteiger partial charge in [0, 0.05) is 11.6 Å². The Hall–Kier alpha value is 0.630. The molecule has 12 heavy (non-hydrogen) atoms. The summed E-state index contributed by atoms with van der Waals surface area (Å²) < 4.78 is 2.40. The molecule has 64 valence electrons. The van der Waals surface area contributed by atoms with Gasteiger partial charge < -0.3 is 5.11 Å². The zero-order chi connectivity index (χ0) is 9.30. The van der Waals surface area contributed by atoms with E-state index in [4.69, 9.17) is 5.11 Å². The van der Waals surface area contributed by atoms with Gasteiger partial charge in [0.25, 0.3) is 0 Å². The molecule has 0 unspecified atom stereocenters. The van der Waals surface area contributed by atoms with E-state index in [2.05, 4.69) is 38.5 Å². The van der Waals surface area contributed by atoms with Gasteiger partial charge in [0.05, 0.1) is 5.56 Å². The van der Waals surface area contributed by atoms with Crippen LogP contribution in [-0.4, -0.2) is 11.1 Å². The van der Waals surface area contributed by atoms with Crippen molar-refractivity contribution in [2.75, 3.05) is 0 Å². The van der Waals surface area contributed by atoms with Gasteiger partial charge in [0.15, 0.2) is 0 Å². The standard InChI is InChI=1S/C7H3BrI2O2/c8-4-1-3(9)2-5(10)6(4)7(11)12/h1-2H,(H,11,12). The highest BCUT2D eigenvalue weighted by molar-refractivity contribution is 14.1. The number of hydrogen-bond donors (Lipinski definition) is 1. The van der Waals surface area contributed by atoms with Gasteiger partial charge in [-0.05, 0) is 73.2 Å². The average molecular weight is 453 g/mol. The van der Waals surface area contributed by atoms with Gasteiger partial charge in [-0.15, -0.1) is 0 Å². The zero-order valence-corrected chi connectivity index (χ0v) is 11.5. The Morgan fingerprint density at radius 2 is 2.00 bits per heavy atom. The normalized spacial score (nSPS) is 9.92. The van der Waals surface area contributed by atoms with E-state index in [-0.39, 0.29) is 0 Å². The first kappa shape index (κ1) is 10.7. The molecule has 0 radical (unpaired) electrons. The molecule has 1 N–H and O–H groups in total. The van der Waals surface area contributed by atoms with Crippen LogP contribution in [0.2, 0.25) is 0 Å². The van der Waals surface area contributed by atoms with Crippen molar-refractivity contribution >= 4 is 67.1 Å². The van der Waals surface area contributed by atoms with Gasteiger partial charge >= 0.3 is 5.97 Å². The summed E-state index contributed by atoms with van der Waals surface area (Å²) in [5.74, 6) is -0.900. The summed E-state index contributed by atoms with van der Waals surface area (Å²) >= 11 is 7.36. The number of aromatic carboxylic acids is 1. The highest BCUT2D eigenvalue weighted by Gasteiger charge is 2.12. The fourth-order valence-corrected chi connectivity index (χ4v) is 4.25. The van der Waals surface area contributed by atoms with Crippen molar-refractivity contribution in [2.45, 2.75) is 0 Å². The van der Waals surface area contributed by atoms with Crippen LogP contribution in [0, 0.1) is 7.14 Å². The van der Waals surface area contributed by atoms with Gasteiger partial charge in [-0.2, -0.15) is 0 Å². The van der Waals surface area contributed by atoms with Crippen LogP contribution in [0.4, 0.5) is 0 Å². The highest BCUT2D eigenvalue weighted by atomic mass is 127. The van der Waals surface area contributed by atoms with Crippen LogP contribution in [0.25, 0.3) is 0 Å². The summed E-state index contributed by atoms with van der Waals surface area (Å²) in [6.45, 7) is 0. The second kappa shape index (κ2) is 4.23. The monoisotopic (exact) mass is 452 g/mol. The number of benzene rings is 1. The van der Waals surface area contributed by atoms with Crippen molar-refractivity contribution in [1.82, 2.24) is 0 Å². The average Bonchev–Trinajstić information content (AvgIpc) is 1.82. The van der Waals surface area contributed by atoms with E-state index in [0.29, 0.717) is 10.0 Å². The number of rotatable bonds is 1. The van der Waals surface area contributed by atoms with Crippen molar-refractivity contribution in [1.29, 1.82) is 0 Å². The van der Waals surface area contributed by atoms with Gasteiger partial charge in [-0.25, -0.2) is 4.79 Å². The Balaban J connectivity index is 3.38. The first-order valence-electron chi connectivity index (χ1n) is 2.90. The second-order valence-corrected chi connectivity index (χ2v) is 5.31. The summed E-state index contributed by atoms with van der Waals surface area (Å²) in [5.41, 5.74) is 0.330. The minimum atomic E-state index is -0.900. The summed E-state index contributed by atoms with van der Waals surface area (Å²) in [5, 5.41) is 8.80. The van der Waals surface area contributed by atoms with Crippen molar-refractivity contribution in [2.24, 2.45) is 0 Å². The molecule has 0 aromatic heterocycles. The molecule has 5 heteroatoms. The molecule has 0 fully saturated rings. The largest absolute Gasteiger partial charge is 0.478 e. The molecule has 0 saturated heterocycles. The lowest BCUT2D eigenvalue weighted by Crippen LogP contribution is -2.01. The minimum Gasteiger partial charge on any atom is -0.478 e. The molecule has 0 spiro atoms. The molecule has 1 aromatic rings. The third-order valence-corrected chi connectivity index (χ3v) is 3.32. The molecular weight excluding hydrogens is 450 g/mol. The Morgan fingerprint density at radius 3 is 2.42 bits per heavy atom. The molecule has 1 aromatic carbocycles. The second-order valence-electron chi connectivity index (χ2n) is 2.05. The van der Waals surface area contributed by atoms with Crippen LogP contribution in [0.5, 0.6) is 0 Å². The van der Waals surface area contributed by atoms with Crippen LogP contribution in [-0.2, 0) is 0 Å². The smallest absolute Gasteiger partial charge is 0.337 e. The van der Waals surface area contributed by atoms with E-state index < -0.39 is 5.97 Å². The van der Waals surface area contributed by atoms with Crippen LogP contribution in [0.1, 0.15) is 10.4 Å². The Bertz CT molecular complexity index is 315. The number of halogens is 3. The summed E-state index contributed by atoms with van der Waals surface area (Å²) in [6, 6.07) is 3.61. The van der Waals surface area contributed by atoms with E-state index in [1.807, 2.05) is 28.7 Å². The zero-order valence-electron chi connectivity index (χ0n) is 5.64. The van der Waals surface area contributed by atoms with E-state index in [9.17, 15) is 4.79 Å². The maximum absolute atomic E-state index is 10.7. The Morgan fingerprint density at radius 1 is 1.42 bits per heavy atom. The molecule has 0 bridgehead atoms. The fourth-order valence-electron chi connectivity index (χ4n) is 0.747. The lowest BCUT2D eigenvalue weighted by molar-refractivity contribution is 0.0694. The molecule has 0 atom stereocenters. The van der Waals surface area contributed by atoms with Crippen LogP contribution in [0.15, 0.2) is 16.6 Å².